The summed E-state index contributed by atoms with van der Waals surface area (Å²) in [6, 6.07) is 17.4. The summed E-state index contributed by atoms with van der Waals surface area (Å²) in [5.41, 5.74) is 1.86. The molecule has 3 rings (SSSR count). The summed E-state index contributed by atoms with van der Waals surface area (Å²) >= 11 is 11.2. The van der Waals surface area contributed by atoms with Gasteiger partial charge < -0.3 is 15.1 Å². The van der Waals surface area contributed by atoms with E-state index in [0.717, 1.165) is 5.56 Å². The molecule has 152 valence electrons. The zero-order valence-electron chi connectivity index (χ0n) is 15.7. The van der Waals surface area contributed by atoms with Crippen LogP contribution in [-0.4, -0.2) is 16.9 Å². The first-order valence-electron chi connectivity index (χ1n) is 8.96. The van der Waals surface area contributed by atoms with E-state index >= 15 is 0 Å². The quantitative estimate of drug-likeness (QED) is 0.392. The number of amides is 2. The third-order valence-electron chi connectivity index (χ3n) is 3.96. The second-order valence-electron chi connectivity index (χ2n) is 6.14. The second kappa shape index (κ2) is 10.4. The minimum Gasteiger partial charge on any atom is -0.467 e. The molecule has 0 fully saturated rings. The first-order chi connectivity index (χ1) is 14.5. The first kappa shape index (κ1) is 21.3. The van der Waals surface area contributed by atoms with Gasteiger partial charge in [0, 0.05) is 22.3 Å². The fourth-order valence-electron chi connectivity index (χ4n) is 2.48. The molecule has 0 aliphatic rings. The summed E-state index contributed by atoms with van der Waals surface area (Å²) in [7, 11) is 0. The summed E-state index contributed by atoms with van der Waals surface area (Å²) in [6.07, 6.45) is 4.51. The topological polar surface area (TPSA) is 83.4 Å². The zero-order chi connectivity index (χ0) is 21.3. The van der Waals surface area contributed by atoms with Gasteiger partial charge in [-0.15, -0.1) is 0 Å². The molecule has 0 atom stereocenters. The number of hydrogen-bond donors (Lipinski definition) is 3. The van der Waals surface area contributed by atoms with Crippen LogP contribution in [-0.2, 0) is 11.3 Å². The highest BCUT2D eigenvalue weighted by Crippen LogP contribution is 2.16. The Kier molecular flexibility index (Phi) is 7.37. The van der Waals surface area contributed by atoms with E-state index in [1.54, 1.807) is 60.9 Å². The Balaban J connectivity index is 1.48. The first-order valence-corrected chi connectivity index (χ1v) is 9.75. The summed E-state index contributed by atoms with van der Waals surface area (Å²) in [6.45, 7) is 0.309. The minimum absolute atomic E-state index is 0.138. The van der Waals surface area contributed by atoms with Crippen LogP contribution in [0.3, 0.4) is 0 Å². The molecule has 6 nitrogen and oxygen atoms in total. The molecule has 3 aromatic rings. The summed E-state index contributed by atoms with van der Waals surface area (Å²) in [4.78, 5) is 24.2. The van der Waals surface area contributed by atoms with E-state index in [9.17, 15) is 9.59 Å². The number of benzene rings is 2. The number of nitrogens with one attached hydrogen (secondary N) is 3. The van der Waals surface area contributed by atoms with Crippen molar-refractivity contribution < 1.29 is 14.0 Å². The number of thiocarbonyl (C=S) groups is 1. The summed E-state index contributed by atoms with van der Waals surface area (Å²) in [5, 5.41) is 8.90. The van der Waals surface area contributed by atoms with E-state index in [1.165, 1.54) is 6.08 Å². The molecule has 2 amide bonds. The lowest BCUT2D eigenvalue weighted by molar-refractivity contribution is -0.115. The third-order valence-corrected chi connectivity index (χ3v) is 4.51. The molecular weight excluding hydrogens is 422 g/mol. The fourth-order valence-corrected chi connectivity index (χ4v) is 2.90. The maximum atomic E-state index is 12.2. The molecule has 0 unspecified atom stereocenters. The Morgan fingerprint density at radius 3 is 2.50 bits per heavy atom. The number of carbonyl (C=O) groups excluding carboxylic acids is 2. The molecule has 0 saturated heterocycles. The van der Waals surface area contributed by atoms with Crippen LogP contribution in [0.4, 0.5) is 5.69 Å². The van der Waals surface area contributed by atoms with Gasteiger partial charge in [0.25, 0.3) is 5.91 Å². The monoisotopic (exact) mass is 439 g/mol. The van der Waals surface area contributed by atoms with Crippen molar-refractivity contribution in [3.05, 3.63) is 94.9 Å². The summed E-state index contributed by atoms with van der Waals surface area (Å²) in [5.74, 6) is 0.0613. The van der Waals surface area contributed by atoms with Crippen molar-refractivity contribution >= 4 is 52.5 Å². The van der Waals surface area contributed by atoms with Gasteiger partial charge in [0.05, 0.1) is 12.8 Å². The van der Waals surface area contributed by atoms with Gasteiger partial charge in [-0.25, -0.2) is 0 Å². The van der Waals surface area contributed by atoms with E-state index in [-0.39, 0.29) is 16.9 Å². The van der Waals surface area contributed by atoms with Gasteiger partial charge in [0.1, 0.15) is 5.76 Å². The van der Waals surface area contributed by atoms with Gasteiger partial charge in [-0.1, -0.05) is 29.8 Å². The molecule has 1 heterocycles. The average Bonchev–Trinajstić information content (AvgIpc) is 3.25. The van der Waals surface area contributed by atoms with E-state index in [2.05, 4.69) is 16.0 Å². The van der Waals surface area contributed by atoms with Crippen molar-refractivity contribution in [2.24, 2.45) is 0 Å². The molecule has 3 N–H and O–H groups in total. The van der Waals surface area contributed by atoms with Crippen LogP contribution in [0.5, 0.6) is 0 Å². The molecule has 2 aromatic carbocycles. The summed E-state index contributed by atoms with van der Waals surface area (Å²) < 4.78 is 5.18. The molecule has 0 saturated carbocycles. The number of hydrogen-bond acceptors (Lipinski definition) is 4. The Bertz CT molecular complexity index is 1060. The van der Waals surface area contributed by atoms with Gasteiger partial charge in [0.15, 0.2) is 5.11 Å². The molecule has 0 spiro atoms. The van der Waals surface area contributed by atoms with Gasteiger partial charge in [-0.05, 0) is 66.3 Å². The smallest absolute Gasteiger partial charge is 0.251 e. The lowest BCUT2D eigenvalue weighted by Gasteiger charge is -2.09. The van der Waals surface area contributed by atoms with Gasteiger partial charge in [0.2, 0.25) is 5.91 Å². The fraction of sp³-hybridized carbons (Fsp3) is 0.0455. The SMILES string of the molecule is O=C(/C=C/c1ccccc1Cl)NC(=S)Nc1ccc(C(=O)NCc2ccco2)cc1. The molecule has 0 radical (unpaired) electrons. The maximum Gasteiger partial charge on any atom is 0.251 e. The number of furan rings is 1. The van der Waals surface area contributed by atoms with Crippen molar-refractivity contribution in [2.45, 2.75) is 6.54 Å². The van der Waals surface area contributed by atoms with E-state index < -0.39 is 0 Å². The highest BCUT2D eigenvalue weighted by Gasteiger charge is 2.07. The predicted octanol–water partition coefficient (Wildman–Crippen LogP) is 4.39. The van der Waals surface area contributed by atoms with E-state index in [4.69, 9.17) is 28.2 Å². The van der Waals surface area contributed by atoms with Crippen LogP contribution >= 0.6 is 23.8 Å². The number of carbonyl (C=O) groups is 2. The van der Waals surface area contributed by atoms with Crippen LogP contribution in [0.15, 0.2) is 77.4 Å². The second-order valence-corrected chi connectivity index (χ2v) is 6.95. The number of halogens is 1. The zero-order valence-corrected chi connectivity index (χ0v) is 17.3. The normalized spacial score (nSPS) is 10.6. The van der Waals surface area contributed by atoms with Crippen molar-refractivity contribution in [1.29, 1.82) is 0 Å². The van der Waals surface area contributed by atoms with Gasteiger partial charge >= 0.3 is 0 Å². The van der Waals surface area contributed by atoms with Crippen LogP contribution in [0.25, 0.3) is 6.08 Å². The van der Waals surface area contributed by atoms with Crippen LogP contribution in [0.1, 0.15) is 21.7 Å². The van der Waals surface area contributed by atoms with Crippen molar-refractivity contribution in [1.82, 2.24) is 10.6 Å². The lowest BCUT2D eigenvalue weighted by atomic mass is 10.2. The predicted molar refractivity (Wildman–Crippen MR) is 121 cm³/mol. The molecule has 0 aliphatic carbocycles. The average molecular weight is 440 g/mol. The maximum absolute atomic E-state index is 12.2. The Morgan fingerprint density at radius 2 is 1.80 bits per heavy atom. The molecule has 30 heavy (non-hydrogen) atoms. The van der Waals surface area contributed by atoms with Crippen molar-refractivity contribution in [3.63, 3.8) is 0 Å². The Morgan fingerprint density at radius 1 is 1.03 bits per heavy atom. The molecule has 8 heteroatoms. The molecule has 1 aromatic heterocycles. The number of anilines is 1. The van der Waals surface area contributed by atoms with Crippen LogP contribution in [0, 0.1) is 0 Å². The standard InChI is InChI=1S/C22H18ClN3O3S/c23-19-6-2-1-4-15(19)9-12-20(27)26-22(30)25-17-10-7-16(8-11-17)21(28)24-14-18-5-3-13-29-18/h1-13H,14H2,(H,24,28)(H2,25,26,27,30)/b12-9+. The van der Waals surface area contributed by atoms with Gasteiger partial charge in [-0.3, -0.25) is 14.9 Å². The molecular formula is C22H18ClN3O3S. The molecule has 0 bridgehead atoms. The van der Waals surface area contributed by atoms with Gasteiger partial charge in [-0.2, -0.15) is 0 Å². The van der Waals surface area contributed by atoms with Crippen LogP contribution in [0.2, 0.25) is 5.02 Å². The highest BCUT2D eigenvalue weighted by molar-refractivity contribution is 7.80. The number of rotatable bonds is 6. The molecule has 0 aliphatic heterocycles. The minimum atomic E-state index is -0.388. The third kappa shape index (κ3) is 6.30. The Labute approximate surface area is 183 Å². The van der Waals surface area contributed by atoms with E-state index in [1.807, 2.05) is 12.1 Å². The largest absolute Gasteiger partial charge is 0.467 e. The lowest BCUT2D eigenvalue weighted by Crippen LogP contribution is -2.32. The van der Waals surface area contributed by atoms with Crippen molar-refractivity contribution in [2.75, 3.05) is 5.32 Å². The van der Waals surface area contributed by atoms with E-state index in [0.29, 0.717) is 28.6 Å². The van der Waals surface area contributed by atoms with Crippen LogP contribution < -0.4 is 16.0 Å². The van der Waals surface area contributed by atoms with Crippen molar-refractivity contribution in [3.8, 4) is 0 Å². The Hall–Kier alpha value is -3.42. The highest BCUT2D eigenvalue weighted by atomic mass is 35.5.